The van der Waals surface area contributed by atoms with Crippen LogP contribution < -0.4 is 5.73 Å². The molecule has 2 heteroatoms. The highest BCUT2D eigenvalue weighted by Gasteiger charge is 2.16. The second kappa shape index (κ2) is 5.01. The zero-order valence-electron chi connectivity index (χ0n) is 8.90. The molecule has 14 heavy (non-hydrogen) atoms. The Morgan fingerprint density at radius 3 is 2.64 bits per heavy atom. The Hall–Kier alpha value is -1.02. The number of rotatable bonds is 4. The summed E-state index contributed by atoms with van der Waals surface area (Å²) in [7, 11) is 0. The number of phenols is 1. The molecular formula is C12H19NO. The van der Waals surface area contributed by atoms with Gasteiger partial charge in [0.25, 0.3) is 0 Å². The van der Waals surface area contributed by atoms with Crippen molar-refractivity contribution >= 4 is 0 Å². The van der Waals surface area contributed by atoms with E-state index in [4.69, 9.17) is 5.73 Å². The smallest absolute Gasteiger partial charge is 0.115 e. The average molecular weight is 193 g/mol. The number of aromatic hydroxyl groups is 1. The first-order chi connectivity index (χ1) is 6.69. The van der Waals surface area contributed by atoms with Crippen LogP contribution >= 0.6 is 0 Å². The molecule has 1 rings (SSSR count). The lowest BCUT2D eigenvalue weighted by atomic mass is 9.86. The summed E-state index contributed by atoms with van der Waals surface area (Å²) in [5.41, 5.74) is 6.89. The first kappa shape index (κ1) is 11.1. The molecule has 0 aliphatic heterocycles. The summed E-state index contributed by atoms with van der Waals surface area (Å²) >= 11 is 0. The third-order valence-electron chi connectivity index (χ3n) is 2.88. The van der Waals surface area contributed by atoms with E-state index in [0.717, 1.165) is 12.0 Å². The van der Waals surface area contributed by atoms with Crippen LogP contribution in [-0.2, 0) is 0 Å². The molecule has 2 atom stereocenters. The van der Waals surface area contributed by atoms with Crippen LogP contribution in [0.25, 0.3) is 0 Å². The van der Waals surface area contributed by atoms with Crippen LogP contribution in [-0.4, -0.2) is 11.7 Å². The maximum atomic E-state index is 9.37. The fraction of sp³-hybridized carbons (Fsp3) is 0.500. The molecular weight excluding hydrogens is 174 g/mol. The van der Waals surface area contributed by atoms with Gasteiger partial charge < -0.3 is 10.8 Å². The number of phenolic OH excluding ortho intramolecular Hbond substituents is 1. The van der Waals surface area contributed by atoms with Crippen LogP contribution in [0.15, 0.2) is 24.3 Å². The largest absolute Gasteiger partial charge is 0.508 e. The van der Waals surface area contributed by atoms with Gasteiger partial charge in [0.05, 0.1) is 0 Å². The Balaban J connectivity index is 2.89. The maximum Gasteiger partial charge on any atom is 0.115 e. The molecule has 0 saturated heterocycles. The van der Waals surface area contributed by atoms with Gasteiger partial charge in [-0.25, -0.2) is 0 Å². The Kier molecular flexibility index (Phi) is 3.96. The van der Waals surface area contributed by atoms with Crippen molar-refractivity contribution < 1.29 is 5.11 Å². The maximum absolute atomic E-state index is 9.37. The lowest BCUT2D eigenvalue weighted by molar-refractivity contribution is 0.444. The second-order valence-electron chi connectivity index (χ2n) is 3.82. The van der Waals surface area contributed by atoms with E-state index in [-0.39, 0.29) is 0 Å². The molecule has 0 radical (unpaired) electrons. The van der Waals surface area contributed by atoms with Crippen LogP contribution in [0.3, 0.4) is 0 Å². The molecule has 0 amide bonds. The van der Waals surface area contributed by atoms with Crippen molar-refractivity contribution in [2.75, 3.05) is 6.54 Å². The summed E-state index contributed by atoms with van der Waals surface area (Å²) in [4.78, 5) is 0. The zero-order valence-corrected chi connectivity index (χ0v) is 8.90. The van der Waals surface area contributed by atoms with Crippen molar-refractivity contribution in [1.82, 2.24) is 0 Å². The van der Waals surface area contributed by atoms with Crippen LogP contribution in [0.5, 0.6) is 5.75 Å². The van der Waals surface area contributed by atoms with Gasteiger partial charge >= 0.3 is 0 Å². The van der Waals surface area contributed by atoms with Gasteiger partial charge in [0.1, 0.15) is 5.75 Å². The topological polar surface area (TPSA) is 46.2 Å². The standard InChI is InChI=1S/C12H19NO/c1-3-9(2)12(8-13)10-5-4-6-11(14)7-10/h4-7,9,12,14H,3,8,13H2,1-2H3. The van der Waals surface area contributed by atoms with Crippen molar-refractivity contribution in [1.29, 1.82) is 0 Å². The first-order valence-corrected chi connectivity index (χ1v) is 5.18. The molecule has 2 nitrogen and oxygen atoms in total. The summed E-state index contributed by atoms with van der Waals surface area (Å²) in [6.07, 6.45) is 1.11. The molecule has 2 unspecified atom stereocenters. The van der Waals surface area contributed by atoms with Gasteiger partial charge in [-0.05, 0) is 36.1 Å². The summed E-state index contributed by atoms with van der Waals surface area (Å²) in [5.74, 6) is 1.23. The van der Waals surface area contributed by atoms with Gasteiger partial charge in [0.15, 0.2) is 0 Å². The molecule has 0 aliphatic carbocycles. The van der Waals surface area contributed by atoms with E-state index in [2.05, 4.69) is 13.8 Å². The van der Waals surface area contributed by atoms with Gasteiger partial charge in [0.2, 0.25) is 0 Å². The third-order valence-corrected chi connectivity index (χ3v) is 2.88. The fourth-order valence-electron chi connectivity index (χ4n) is 1.74. The molecule has 3 N–H and O–H groups in total. The Morgan fingerprint density at radius 1 is 1.43 bits per heavy atom. The summed E-state index contributed by atoms with van der Waals surface area (Å²) in [6, 6.07) is 7.40. The molecule has 0 aliphatic rings. The summed E-state index contributed by atoms with van der Waals surface area (Å²) in [5, 5.41) is 9.37. The number of hydrogen-bond donors (Lipinski definition) is 2. The van der Waals surface area contributed by atoms with Crippen molar-refractivity contribution in [3.63, 3.8) is 0 Å². The molecule has 0 fully saturated rings. The quantitative estimate of drug-likeness (QED) is 0.771. The number of benzene rings is 1. The van der Waals surface area contributed by atoms with Gasteiger partial charge in [-0.15, -0.1) is 0 Å². The van der Waals surface area contributed by atoms with Crippen molar-refractivity contribution in [2.45, 2.75) is 26.2 Å². The number of nitrogens with two attached hydrogens (primary N) is 1. The molecule has 1 aromatic rings. The molecule has 0 bridgehead atoms. The predicted molar refractivity (Wildman–Crippen MR) is 59.4 cm³/mol. The third kappa shape index (κ3) is 2.48. The van der Waals surface area contributed by atoms with Gasteiger partial charge in [0, 0.05) is 0 Å². The highest BCUT2D eigenvalue weighted by molar-refractivity contribution is 5.30. The second-order valence-corrected chi connectivity index (χ2v) is 3.82. The zero-order chi connectivity index (χ0) is 10.6. The molecule has 1 aromatic carbocycles. The minimum atomic E-state index is 0.323. The van der Waals surface area contributed by atoms with Crippen LogP contribution in [0, 0.1) is 5.92 Å². The lowest BCUT2D eigenvalue weighted by Gasteiger charge is -2.21. The van der Waals surface area contributed by atoms with E-state index in [0.29, 0.717) is 24.1 Å². The fourth-order valence-corrected chi connectivity index (χ4v) is 1.74. The van der Waals surface area contributed by atoms with E-state index in [1.165, 1.54) is 0 Å². The predicted octanol–water partition coefficient (Wildman–Crippen LogP) is 2.48. The Bertz CT molecular complexity index is 285. The Morgan fingerprint density at radius 2 is 2.14 bits per heavy atom. The van der Waals surface area contributed by atoms with Crippen LogP contribution in [0.2, 0.25) is 0 Å². The van der Waals surface area contributed by atoms with Crippen molar-refractivity contribution in [3.8, 4) is 5.75 Å². The van der Waals surface area contributed by atoms with Gasteiger partial charge in [-0.3, -0.25) is 0 Å². The molecule has 0 heterocycles. The van der Waals surface area contributed by atoms with Gasteiger partial charge in [-0.2, -0.15) is 0 Å². The molecule has 78 valence electrons. The van der Waals surface area contributed by atoms with E-state index < -0.39 is 0 Å². The minimum absolute atomic E-state index is 0.323. The van der Waals surface area contributed by atoms with Crippen LogP contribution in [0.1, 0.15) is 31.7 Å². The van der Waals surface area contributed by atoms with E-state index in [9.17, 15) is 5.11 Å². The molecule has 0 aromatic heterocycles. The normalized spacial score (nSPS) is 15.1. The van der Waals surface area contributed by atoms with E-state index in [1.807, 2.05) is 18.2 Å². The van der Waals surface area contributed by atoms with Crippen molar-refractivity contribution in [3.05, 3.63) is 29.8 Å². The monoisotopic (exact) mass is 193 g/mol. The summed E-state index contributed by atoms with van der Waals surface area (Å²) in [6.45, 7) is 5.00. The van der Waals surface area contributed by atoms with E-state index >= 15 is 0 Å². The lowest BCUT2D eigenvalue weighted by Crippen LogP contribution is -2.19. The Labute approximate surface area is 85.8 Å². The summed E-state index contributed by atoms with van der Waals surface area (Å²) < 4.78 is 0. The first-order valence-electron chi connectivity index (χ1n) is 5.18. The van der Waals surface area contributed by atoms with Crippen molar-refractivity contribution in [2.24, 2.45) is 11.7 Å². The molecule has 0 spiro atoms. The highest BCUT2D eigenvalue weighted by atomic mass is 16.3. The van der Waals surface area contributed by atoms with E-state index in [1.54, 1.807) is 6.07 Å². The van der Waals surface area contributed by atoms with Gasteiger partial charge in [-0.1, -0.05) is 32.4 Å². The van der Waals surface area contributed by atoms with Crippen LogP contribution in [0.4, 0.5) is 0 Å². The minimum Gasteiger partial charge on any atom is -0.508 e. The number of hydrogen-bond acceptors (Lipinski definition) is 2. The molecule has 0 saturated carbocycles. The average Bonchev–Trinajstić information content (AvgIpc) is 2.19. The SMILES string of the molecule is CCC(C)C(CN)c1cccc(O)c1. The highest BCUT2D eigenvalue weighted by Crippen LogP contribution is 2.27.